The quantitative estimate of drug-likeness (QED) is 0.755. The number of nitrogens with zero attached hydrogens (tertiary/aromatic N) is 2. The zero-order valence-electron chi connectivity index (χ0n) is 13.3. The van der Waals surface area contributed by atoms with Crippen LogP contribution >= 0.6 is 0 Å². The maximum atomic E-state index is 12.6. The first-order valence-electron chi connectivity index (χ1n) is 7.45. The molecule has 1 fully saturated rings. The summed E-state index contributed by atoms with van der Waals surface area (Å²) in [5, 5.41) is 0. The van der Waals surface area contributed by atoms with Gasteiger partial charge in [-0.15, -0.1) is 0 Å². The number of hydrogen-bond donors (Lipinski definition) is 0. The van der Waals surface area contributed by atoms with E-state index < -0.39 is 23.1 Å². The van der Waals surface area contributed by atoms with Crippen LogP contribution in [-0.2, 0) is 10.0 Å². The lowest BCUT2D eigenvalue weighted by Crippen LogP contribution is -2.30. The van der Waals surface area contributed by atoms with Gasteiger partial charge in [0, 0.05) is 19.6 Å². The Labute approximate surface area is 135 Å². The Balaban J connectivity index is 2.02. The van der Waals surface area contributed by atoms with Gasteiger partial charge < -0.3 is 9.64 Å². The van der Waals surface area contributed by atoms with Gasteiger partial charge in [0.15, 0.2) is 0 Å². The van der Waals surface area contributed by atoms with Gasteiger partial charge in [-0.3, -0.25) is 0 Å². The van der Waals surface area contributed by atoms with E-state index in [0.717, 1.165) is 13.0 Å². The van der Waals surface area contributed by atoms with Crippen LogP contribution in [0.3, 0.4) is 0 Å². The Morgan fingerprint density at radius 3 is 2.52 bits per heavy atom. The van der Waals surface area contributed by atoms with Crippen LogP contribution in [0.2, 0.25) is 0 Å². The van der Waals surface area contributed by atoms with E-state index in [1.165, 1.54) is 28.6 Å². The van der Waals surface area contributed by atoms with E-state index in [2.05, 4.69) is 4.90 Å². The smallest absolute Gasteiger partial charge is 0.272 e. The second kappa shape index (κ2) is 7.55. The Bertz CT molecular complexity index is 606. The molecule has 0 aromatic heterocycles. The van der Waals surface area contributed by atoms with Crippen molar-refractivity contribution in [1.29, 1.82) is 0 Å². The molecule has 0 N–H and O–H groups in total. The monoisotopic (exact) mass is 348 g/mol. The molecule has 2 rings (SSSR count). The standard InChI is InChI=1S/C15H22F2N2O3S/c1-18(2)9-12-7-8-19(10-12)23(20,21)14-5-3-13(4-6-14)22-11-15(16)17/h3-6,12,15H,7-11H2,1-2H3. The van der Waals surface area contributed by atoms with Crippen LogP contribution in [0.4, 0.5) is 8.78 Å². The molecule has 1 heterocycles. The van der Waals surface area contributed by atoms with E-state index in [-0.39, 0.29) is 10.6 Å². The van der Waals surface area contributed by atoms with E-state index in [9.17, 15) is 17.2 Å². The molecule has 0 radical (unpaired) electrons. The average Bonchev–Trinajstić information content (AvgIpc) is 2.94. The van der Waals surface area contributed by atoms with Crippen LogP contribution in [0.1, 0.15) is 6.42 Å². The van der Waals surface area contributed by atoms with Gasteiger partial charge in [0.25, 0.3) is 6.43 Å². The predicted octanol–water partition coefficient (Wildman–Crippen LogP) is 1.90. The Morgan fingerprint density at radius 2 is 1.96 bits per heavy atom. The summed E-state index contributed by atoms with van der Waals surface area (Å²) in [6.45, 7) is 1.16. The molecule has 0 saturated carbocycles. The molecule has 1 aromatic carbocycles. The summed E-state index contributed by atoms with van der Waals surface area (Å²) < 4.78 is 55.7. The second-order valence-corrected chi connectivity index (χ2v) is 7.89. The third-order valence-electron chi connectivity index (χ3n) is 3.71. The fraction of sp³-hybridized carbons (Fsp3) is 0.600. The highest BCUT2D eigenvalue weighted by Gasteiger charge is 2.32. The summed E-state index contributed by atoms with van der Waals surface area (Å²) in [5.74, 6) is 0.560. The predicted molar refractivity (Wildman–Crippen MR) is 83.4 cm³/mol. The second-order valence-electron chi connectivity index (χ2n) is 5.95. The number of halogens is 2. The minimum absolute atomic E-state index is 0.160. The molecule has 0 bridgehead atoms. The van der Waals surface area contributed by atoms with E-state index in [4.69, 9.17) is 4.74 Å². The molecule has 130 valence electrons. The third-order valence-corrected chi connectivity index (χ3v) is 5.59. The number of alkyl halides is 2. The lowest BCUT2D eigenvalue weighted by Gasteiger charge is -2.18. The molecule has 1 unspecified atom stereocenters. The van der Waals surface area contributed by atoms with Crippen LogP contribution < -0.4 is 4.74 Å². The highest BCUT2D eigenvalue weighted by Crippen LogP contribution is 2.26. The number of sulfonamides is 1. The molecule has 0 aliphatic carbocycles. The van der Waals surface area contributed by atoms with Gasteiger partial charge in [-0.05, 0) is 50.7 Å². The largest absolute Gasteiger partial charge is 0.488 e. The molecule has 1 atom stereocenters. The third kappa shape index (κ3) is 4.86. The highest BCUT2D eigenvalue weighted by atomic mass is 32.2. The molecule has 1 aliphatic rings. The molecule has 1 aliphatic heterocycles. The number of benzene rings is 1. The zero-order chi connectivity index (χ0) is 17.0. The van der Waals surface area contributed by atoms with Crippen molar-refractivity contribution in [2.75, 3.05) is 40.3 Å². The molecule has 1 saturated heterocycles. The topological polar surface area (TPSA) is 49.9 Å². The minimum atomic E-state index is -3.54. The summed E-state index contributed by atoms with van der Waals surface area (Å²) in [4.78, 5) is 2.21. The summed E-state index contributed by atoms with van der Waals surface area (Å²) in [7, 11) is 0.391. The van der Waals surface area contributed by atoms with Gasteiger partial charge in [-0.2, -0.15) is 4.31 Å². The van der Waals surface area contributed by atoms with Crippen molar-refractivity contribution >= 4 is 10.0 Å². The van der Waals surface area contributed by atoms with Crippen molar-refractivity contribution in [2.45, 2.75) is 17.7 Å². The molecular formula is C15H22F2N2O3S. The normalized spacial score (nSPS) is 19.7. The molecule has 0 spiro atoms. The number of hydrogen-bond acceptors (Lipinski definition) is 4. The zero-order valence-corrected chi connectivity index (χ0v) is 14.1. The van der Waals surface area contributed by atoms with Gasteiger partial charge >= 0.3 is 0 Å². The first-order chi connectivity index (χ1) is 10.8. The summed E-state index contributed by atoms with van der Waals surface area (Å²) in [6, 6.07) is 5.61. The first kappa shape index (κ1) is 18.1. The van der Waals surface area contributed by atoms with Crippen LogP contribution in [0.5, 0.6) is 5.75 Å². The Morgan fingerprint density at radius 1 is 1.30 bits per heavy atom. The summed E-state index contributed by atoms with van der Waals surface area (Å²) in [5.41, 5.74) is 0. The van der Waals surface area contributed by atoms with E-state index in [1.807, 2.05) is 14.1 Å². The highest BCUT2D eigenvalue weighted by molar-refractivity contribution is 7.89. The summed E-state index contributed by atoms with van der Waals surface area (Å²) >= 11 is 0. The van der Waals surface area contributed by atoms with E-state index in [0.29, 0.717) is 19.0 Å². The van der Waals surface area contributed by atoms with Crippen molar-refractivity contribution in [2.24, 2.45) is 5.92 Å². The van der Waals surface area contributed by atoms with Gasteiger partial charge in [0.2, 0.25) is 10.0 Å². The van der Waals surface area contributed by atoms with Crippen LogP contribution in [0, 0.1) is 5.92 Å². The molecular weight excluding hydrogens is 326 g/mol. The van der Waals surface area contributed by atoms with Gasteiger partial charge in [-0.25, -0.2) is 17.2 Å². The van der Waals surface area contributed by atoms with Crippen molar-refractivity contribution in [3.8, 4) is 5.75 Å². The average molecular weight is 348 g/mol. The van der Waals surface area contributed by atoms with Crippen LogP contribution in [0.25, 0.3) is 0 Å². The Kier molecular flexibility index (Phi) is 5.94. The van der Waals surface area contributed by atoms with E-state index in [1.54, 1.807) is 0 Å². The lowest BCUT2D eigenvalue weighted by atomic mass is 10.1. The maximum Gasteiger partial charge on any atom is 0.272 e. The molecule has 23 heavy (non-hydrogen) atoms. The van der Waals surface area contributed by atoms with Crippen molar-refractivity contribution < 1.29 is 21.9 Å². The van der Waals surface area contributed by atoms with Gasteiger partial charge in [-0.1, -0.05) is 0 Å². The number of ether oxygens (including phenoxy) is 1. The SMILES string of the molecule is CN(C)CC1CCN(S(=O)(=O)c2ccc(OCC(F)F)cc2)C1. The number of rotatable bonds is 7. The van der Waals surface area contributed by atoms with E-state index >= 15 is 0 Å². The van der Waals surface area contributed by atoms with Gasteiger partial charge in [0.1, 0.15) is 12.4 Å². The molecule has 1 aromatic rings. The fourth-order valence-corrected chi connectivity index (χ4v) is 4.23. The van der Waals surface area contributed by atoms with Gasteiger partial charge in [0.05, 0.1) is 4.90 Å². The molecule has 5 nitrogen and oxygen atoms in total. The fourth-order valence-electron chi connectivity index (χ4n) is 2.70. The maximum absolute atomic E-state index is 12.6. The van der Waals surface area contributed by atoms with Crippen LogP contribution in [0.15, 0.2) is 29.2 Å². The van der Waals surface area contributed by atoms with Crippen molar-refractivity contribution in [3.63, 3.8) is 0 Å². The minimum Gasteiger partial charge on any atom is -0.488 e. The van der Waals surface area contributed by atoms with Crippen molar-refractivity contribution in [3.05, 3.63) is 24.3 Å². The Hall–Kier alpha value is -1.25. The summed E-state index contributed by atoms with van der Waals surface area (Å²) in [6.07, 6.45) is -1.72. The lowest BCUT2D eigenvalue weighted by molar-refractivity contribution is 0.0819. The molecule has 8 heteroatoms. The van der Waals surface area contributed by atoms with Crippen LogP contribution in [-0.4, -0.2) is 64.4 Å². The van der Waals surface area contributed by atoms with Crippen molar-refractivity contribution in [1.82, 2.24) is 9.21 Å². The first-order valence-corrected chi connectivity index (χ1v) is 8.89. The molecule has 0 amide bonds.